The molecule has 0 aliphatic rings. The van der Waals surface area contributed by atoms with Crippen LogP contribution in [0.4, 0.5) is 10.5 Å². The van der Waals surface area contributed by atoms with E-state index >= 15 is 0 Å². The molecular formula is C27H21N3O5S2. The van der Waals surface area contributed by atoms with E-state index in [2.05, 4.69) is 15.3 Å². The Morgan fingerprint density at radius 2 is 1.59 bits per heavy atom. The number of benzene rings is 3. The highest BCUT2D eigenvalue weighted by Gasteiger charge is 2.09. The van der Waals surface area contributed by atoms with Gasteiger partial charge in [-0.1, -0.05) is 24.3 Å². The van der Waals surface area contributed by atoms with Crippen molar-refractivity contribution in [2.24, 2.45) is 0 Å². The average Bonchev–Trinajstić information content (AvgIpc) is 3.51. The van der Waals surface area contributed by atoms with Gasteiger partial charge in [-0.05, 0) is 48.9 Å². The number of amides is 1. The van der Waals surface area contributed by atoms with Gasteiger partial charge in [0.25, 0.3) is 0 Å². The van der Waals surface area contributed by atoms with E-state index in [1.54, 1.807) is 18.2 Å². The number of fused-ring (bicyclic) bond motifs is 3. The van der Waals surface area contributed by atoms with Crippen molar-refractivity contribution in [3.8, 4) is 0 Å². The number of hydrogen-bond donors (Lipinski definition) is 2. The highest BCUT2D eigenvalue weighted by atomic mass is 32.1. The Balaban J connectivity index is 0.000000212. The summed E-state index contributed by atoms with van der Waals surface area (Å²) in [6, 6.07) is 22.2. The second-order valence-electron chi connectivity index (χ2n) is 7.97. The monoisotopic (exact) mass is 531 g/mol. The van der Waals surface area contributed by atoms with E-state index in [1.165, 1.54) is 28.7 Å². The molecule has 8 nitrogen and oxygen atoms in total. The van der Waals surface area contributed by atoms with Gasteiger partial charge in [-0.3, -0.25) is 5.32 Å². The predicted octanol–water partition coefficient (Wildman–Crippen LogP) is 6.25. The van der Waals surface area contributed by atoms with Crippen molar-refractivity contribution in [1.82, 2.24) is 9.97 Å². The normalized spacial score (nSPS) is 10.9. The number of nitrogens with zero attached hydrogens (tertiary/aromatic N) is 2. The van der Waals surface area contributed by atoms with Crippen molar-refractivity contribution >= 4 is 65.9 Å². The SMILES string of the molecule is Cc1cc(=O)oc2cc(NC(=O)OCc3nc4ccccc4s3)ccc12.OCc1nc2ccccc2s1. The Bertz CT molecular complexity index is 1710. The zero-order chi connectivity index (χ0) is 25.8. The first-order chi connectivity index (χ1) is 18.0. The fraction of sp³-hybridized carbons (Fsp3) is 0.111. The second-order valence-corrected chi connectivity index (χ2v) is 10.2. The van der Waals surface area contributed by atoms with Crippen LogP contribution in [0.25, 0.3) is 31.4 Å². The van der Waals surface area contributed by atoms with Crippen LogP contribution in [-0.4, -0.2) is 21.2 Å². The lowest BCUT2D eigenvalue weighted by atomic mass is 10.1. The van der Waals surface area contributed by atoms with Gasteiger partial charge in [-0.15, -0.1) is 22.7 Å². The summed E-state index contributed by atoms with van der Waals surface area (Å²) >= 11 is 3.02. The molecule has 10 heteroatoms. The molecule has 2 N–H and O–H groups in total. The van der Waals surface area contributed by atoms with Crippen molar-refractivity contribution in [3.05, 3.63) is 98.8 Å². The van der Waals surface area contributed by atoms with Crippen molar-refractivity contribution in [3.63, 3.8) is 0 Å². The number of thiazole rings is 2. The number of aromatic nitrogens is 2. The Morgan fingerprint density at radius 3 is 2.27 bits per heavy atom. The summed E-state index contributed by atoms with van der Waals surface area (Å²) in [4.78, 5) is 32.1. The highest BCUT2D eigenvalue weighted by Crippen LogP contribution is 2.23. The Labute approximate surface area is 218 Å². The number of hydrogen-bond acceptors (Lipinski definition) is 9. The van der Waals surface area contributed by atoms with Gasteiger partial charge in [-0.2, -0.15) is 0 Å². The molecule has 0 spiro atoms. The molecule has 186 valence electrons. The number of aryl methyl sites for hydroxylation is 1. The van der Waals surface area contributed by atoms with Crippen LogP contribution in [0.15, 0.2) is 82.0 Å². The number of para-hydroxylation sites is 2. The number of anilines is 1. The molecule has 3 heterocycles. The summed E-state index contributed by atoms with van der Waals surface area (Å²) in [5, 5.41) is 13.7. The summed E-state index contributed by atoms with van der Waals surface area (Å²) in [6.45, 7) is 1.96. The van der Waals surface area contributed by atoms with Crippen LogP contribution in [0, 0.1) is 6.92 Å². The fourth-order valence-corrected chi connectivity index (χ4v) is 5.36. The van der Waals surface area contributed by atoms with Crippen LogP contribution in [-0.2, 0) is 18.0 Å². The molecule has 0 saturated heterocycles. The summed E-state index contributed by atoms with van der Waals surface area (Å²) in [6.07, 6.45) is -0.599. The maximum Gasteiger partial charge on any atom is 0.412 e. The first kappa shape index (κ1) is 24.6. The van der Waals surface area contributed by atoms with Crippen LogP contribution < -0.4 is 10.9 Å². The lowest BCUT2D eigenvalue weighted by molar-refractivity contribution is 0.155. The number of ether oxygens (including phenoxy) is 1. The summed E-state index contributed by atoms with van der Waals surface area (Å²) in [7, 11) is 0. The van der Waals surface area contributed by atoms with Crippen molar-refractivity contribution in [2.45, 2.75) is 20.1 Å². The molecule has 0 aliphatic heterocycles. The maximum atomic E-state index is 12.0. The van der Waals surface area contributed by atoms with Gasteiger partial charge in [0.1, 0.15) is 22.2 Å². The van der Waals surface area contributed by atoms with E-state index in [0.717, 1.165) is 41.4 Å². The summed E-state index contributed by atoms with van der Waals surface area (Å²) in [5.41, 5.74) is 3.16. The first-order valence-electron chi connectivity index (χ1n) is 11.3. The summed E-state index contributed by atoms with van der Waals surface area (Å²) < 4.78 is 12.6. The molecule has 0 aliphatic carbocycles. The van der Waals surface area contributed by atoms with Gasteiger partial charge in [0.15, 0.2) is 0 Å². The molecule has 3 aromatic carbocycles. The Morgan fingerprint density at radius 1 is 0.946 bits per heavy atom. The molecule has 6 aromatic rings. The minimum Gasteiger partial charge on any atom is -0.442 e. The molecule has 37 heavy (non-hydrogen) atoms. The van der Waals surface area contributed by atoms with E-state index in [0.29, 0.717) is 11.3 Å². The van der Waals surface area contributed by atoms with Gasteiger partial charge in [0, 0.05) is 23.2 Å². The Kier molecular flexibility index (Phi) is 7.22. The molecule has 0 saturated carbocycles. The predicted molar refractivity (Wildman–Crippen MR) is 146 cm³/mol. The van der Waals surface area contributed by atoms with Crippen molar-refractivity contribution < 1.29 is 19.1 Å². The lowest BCUT2D eigenvalue weighted by Gasteiger charge is -2.07. The second kappa shape index (κ2) is 10.9. The first-order valence-corrected chi connectivity index (χ1v) is 12.9. The molecular weight excluding hydrogens is 510 g/mol. The van der Waals surface area contributed by atoms with Crippen molar-refractivity contribution in [2.75, 3.05) is 5.32 Å². The van der Waals surface area contributed by atoms with Gasteiger partial charge >= 0.3 is 11.7 Å². The number of carbonyl (C=O) groups excluding carboxylic acids is 1. The van der Waals surface area contributed by atoms with Gasteiger partial charge in [0.05, 0.1) is 27.0 Å². The van der Waals surface area contributed by atoms with Crippen LogP contribution in [0.1, 0.15) is 15.6 Å². The van der Waals surface area contributed by atoms with E-state index in [9.17, 15) is 9.59 Å². The minimum atomic E-state index is -0.599. The number of nitrogens with one attached hydrogen (secondary N) is 1. The van der Waals surface area contributed by atoms with Crippen LogP contribution in [0.2, 0.25) is 0 Å². The smallest absolute Gasteiger partial charge is 0.412 e. The van der Waals surface area contributed by atoms with E-state index in [1.807, 2.05) is 55.5 Å². The molecule has 0 radical (unpaired) electrons. The number of rotatable bonds is 4. The molecule has 0 fully saturated rings. The lowest BCUT2D eigenvalue weighted by Crippen LogP contribution is -2.13. The third-order valence-electron chi connectivity index (χ3n) is 5.34. The van der Waals surface area contributed by atoms with Gasteiger partial charge in [-0.25, -0.2) is 19.6 Å². The number of carbonyl (C=O) groups is 1. The van der Waals surface area contributed by atoms with Crippen LogP contribution in [0.3, 0.4) is 0 Å². The fourth-order valence-electron chi connectivity index (χ4n) is 3.65. The highest BCUT2D eigenvalue weighted by molar-refractivity contribution is 7.18. The average molecular weight is 532 g/mol. The topological polar surface area (TPSA) is 115 Å². The third kappa shape index (κ3) is 5.83. The third-order valence-corrected chi connectivity index (χ3v) is 7.37. The minimum absolute atomic E-state index is 0.0410. The zero-order valence-corrected chi connectivity index (χ0v) is 21.3. The largest absolute Gasteiger partial charge is 0.442 e. The van der Waals surface area contributed by atoms with E-state index in [-0.39, 0.29) is 13.2 Å². The quantitative estimate of drug-likeness (QED) is 0.258. The Hall–Kier alpha value is -4.12. The molecule has 6 rings (SSSR count). The van der Waals surface area contributed by atoms with Crippen LogP contribution >= 0.6 is 22.7 Å². The molecule has 0 unspecified atom stereocenters. The maximum absolute atomic E-state index is 12.0. The molecule has 1 amide bonds. The number of aliphatic hydroxyl groups is 1. The number of aliphatic hydroxyl groups excluding tert-OH is 1. The van der Waals surface area contributed by atoms with Crippen molar-refractivity contribution in [1.29, 1.82) is 0 Å². The van der Waals surface area contributed by atoms with E-state index in [4.69, 9.17) is 14.3 Å². The van der Waals surface area contributed by atoms with Gasteiger partial charge in [0.2, 0.25) is 0 Å². The van der Waals surface area contributed by atoms with Crippen LogP contribution in [0.5, 0.6) is 0 Å². The molecule has 0 atom stereocenters. The van der Waals surface area contributed by atoms with E-state index < -0.39 is 11.7 Å². The molecule has 0 bridgehead atoms. The summed E-state index contributed by atoms with van der Waals surface area (Å²) in [5.74, 6) is 0. The van der Waals surface area contributed by atoms with Gasteiger partial charge < -0.3 is 14.3 Å². The zero-order valence-electron chi connectivity index (χ0n) is 19.6. The molecule has 3 aromatic heterocycles. The standard InChI is InChI=1S/C19H14N2O4S.C8H7NOS/c1-11-8-18(22)25-15-9-12(6-7-13(11)15)20-19(23)24-10-17-21-14-4-2-3-5-16(14)26-17;10-5-8-9-6-3-1-2-4-7(6)11-8/h2-9H,10H2,1H3,(H,20,23);1-4,10H,5H2.